The number of H-pyrrole nitrogens is 1. The molecule has 1 aromatic carbocycles. The molecule has 8 heteroatoms. The summed E-state index contributed by atoms with van der Waals surface area (Å²) in [5.74, 6) is -0.740. The van der Waals surface area contributed by atoms with Crippen LogP contribution in [0.3, 0.4) is 0 Å². The highest BCUT2D eigenvalue weighted by Crippen LogP contribution is 2.28. The molecule has 158 valence electrons. The van der Waals surface area contributed by atoms with E-state index in [0.717, 1.165) is 16.5 Å². The fourth-order valence-corrected chi connectivity index (χ4v) is 2.98. The number of esters is 1. The molecule has 3 N–H and O–H groups in total. The number of fused-ring (bicyclic) bond motifs is 1. The first-order valence-electron chi connectivity index (χ1n) is 9.60. The molecule has 0 bridgehead atoms. The van der Waals surface area contributed by atoms with Crippen molar-refractivity contribution in [2.45, 2.75) is 58.6 Å². The van der Waals surface area contributed by atoms with Gasteiger partial charge in [-0.25, -0.2) is 9.59 Å². The zero-order chi connectivity index (χ0) is 21.6. The van der Waals surface area contributed by atoms with E-state index in [1.165, 1.54) is 7.11 Å². The van der Waals surface area contributed by atoms with Crippen LogP contribution >= 0.6 is 0 Å². The summed E-state index contributed by atoms with van der Waals surface area (Å²) in [6.45, 7) is 7.25. The lowest BCUT2D eigenvalue weighted by Crippen LogP contribution is -2.42. The molecule has 2 rings (SSSR count). The van der Waals surface area contributed by atoms with E-state index in [0.29, 0.717) is 18.5 Å². The first kappa shape index (κ1) is 22.3. The van der Waals surface area contributed by atoms with E-state index in [2.05, 4.69) is 15.6 Å². The maximum absolute atomic E-state index is 12.2. The SMILES string of the molecule is CCCC(=O)N[C@@H](Cc1c[nH]c2cccc(NC(=O)OC(C)(C)C)c12)C(=O)OC. The molecule has 8 nitrogen and oxygen atoms in total. The second-order valence-corrected chi connectivity index (χ2v) is 7.77. The Balaban J connectivity index is 2.31. The Hall–Kier alpha value is -3.03. The molecule has 1 aromatic heterocycles. The highest BCUT2D eigenvalue weighted by molar-refractivity contribution is 6.01. The largest absolute Gasteiger partial charge is 0.467 e. The van der Waals surface area contributed by atoms with Gasteiger partial charge in [0.2, 0.25) is 5.91 Å². The van der Waals surface area contributed by atoms with Gasteiger partial charge in [-0.05, 0) is 44.9 Å². The highest BCUT2D eigenvalue weighted by Gasteiger charge is 2.24. The van der Waals surface area contributed by atoms with E-state index in [1.807, 2.05) is 13.0 Å². The highest BCUT2D eigenvalue weighted by atomic mass is 16.6. The average molecular weight is 403 g/mol. The van der Waals surface area contributed by atoms with Crippen LogP contribution < -0.4 is 10.6 Å². The molecule has 2 amide bonds. The number of rotatable bonds is 7. The molecule has 1 heterocycles. The Labute approximate surface area is 170 Å². The zero-order valence-electron chi connectivity index (χ0n) is 17.5. The van der Waals surface area contributed by atoms with Crippen molar-refractivity contribution in [1.29, 1.82) is 0 Å². The third-order valence-electron chi connectivity index (χ3n) is 4.15. The lowest BCUT2D eigenvalue weighted by molar-refractivity contribution is -0.145. The molecule has 0 fully saturated rings. The van der Waals surface area contributed by atoms with Crippen molar-refractivity contribution in [3.63, 3.8) is 0 Å². The molecular formula is C21H29N3O5. The van der Waals surface area contributed by atoms with E-state index in [-0.39, 0.29) is 12.3 Å². The summed E-state index contributed by atoms with van der Waals surface area (Å²) in [6, 6.07) is 4.59. The smallest absolute Gasteiger partial charge is 0.412 e. The summed E-state index contributed by atoms with van der Waals surface area (Å²) >= 11 is 0. The summed E-state index contributed by atoms with van der Waals surface area (Å²) in [7, 11) is 1.28. The van der Waals surface area contributed by atoms with E-state index in [9.17, 15) is 14.4 Å². The van der Waals surface area contributed by atoms with Gasteiger partial charge in [-0.2, -0.15) is 0 Å². The van der Waals surface area contributed by atoms with Crippen LogP contribution in [-0.4, -0.2) is 41.7 Å². The van der Waals surface area contributed by atoms with E-state index in [1.54, 1.807) is 39.1 Å². The molecular weight excluding hydrogens is 374 g/mol. The van der Waals surface area contributed by atoms with Crippen molar-refractivity contribution in [2.24, 2.45) is 0 Å². The number of anilines is 1. The van der Waals surface area contributed by atoms with Gasteiger partial charge >= 0.3 is 12.1 Å². The van der Waals surface area contributed by atoms with Crippen molar-refractivity contribution < 1.29 is 23.9 Å². The molecule has 0 aliphatic heterocycles. The summed E-state index contributed by atoms with van der Waals surface area (Å²) in [4.78, 5) is 39.6. The fraction of sp³-hybridized carbons (Fsp3) is 0.476. The summed E-state index contributed by atoms with van der Waals surface area (Å²) in [5.41, 5.74) is 1.48. The molecule has 0 spiro atoms. The standard InChI is InChI=1S/C21H29N3O5/c1-6-8-17(25)23-16(19(26)28-5)11-13-12-22-14-9-7-10-15(18(13)14)24-20(27)29-21(2,3)4/h7,9-10,12,16,22H,6,8,11H2,1-5H3,(H,23,25)(H,24,27)/t16-/m0/s1. The van der Waals surface area contributed by atoms with Gasteiger partial charge in [-0.15, -0.1) is 0 Å². The third kappa shape index (κ3) is 6.23. The lowest BCUT2D eigenvalue weighted by atomic mass is 10.0. The van der Waals surface area contributed by atoms with Gasteiger partial charge in [-0.3, -0.25) is 10.1 Å². The van der Waals surface area contributed by atoms with Gasteiger partial charge in [0.1, 0.15) is 11.6 Å². The van der Waals surface area contributed by atoms with Crippen LogP contribution in [0.1, 0.15) is 46.1 Å². The summed E-state index contributed by atoms with van der Waals surface area (Å²) in [5, 5.41) is 6.23. The predicted octanol–water partition coefficient (Wildman–Crippen LogP) is 3.52. The van der Waals surface area contributed by atoms with Crippen molar-refractivity contribution in [1.82, 2.24) is 10.3 Å². The number of hydrogen-bond acceptors (Lipinski definition) is 5. The summed E-state index contributed by atoms with van der Waals surface area (Å²) < 4.78 is 10.2. The maximum atomic E-state index is 12.2. The monoisotopic (exact) mass is 403 g/mol. The summed E-state index contributed by atoms with van der Waals surface area (Å²) in [6.07, 6.45) is 2.41. The zero-order valence-corrected chi connectivity index (χ0v) is 17.5. The van der Waals surface area contributed by atoms with Crippen LogP contribution in [0.4, 0.5) is 10.5 Å². The van der Waals surface area contributed by atoms with Crippen LogP contribution in [0.25, 0.3) is 10.9 Å². The molecule has 2 aromatic rings. The van der Waals surface area contributed by atoms with E-state index in [4.69, 9.17) is 9.47 Å². The molecule has 1 atom stereocenters. The van der Waals surface area contributed by atoms with Gasteiger partial charge in [0, 0.05) is 29.9 Å². The minimum Gasteiger partial charge on any atom is -0.467 e. The second-order valence-electron chi connectivity index (χ2n) is 7.77. The average Bonchev–Trinajstić information content (AvgIpc) is 3.03. The number of amides is 2. The van der Waals surface area contributed by atoms with Crippen molar-refractivity contribution in [3.8, 4) is 0 Å². The lowest BCUT2D eigenvalue weighted by Gasteiger charge is -2.20. The van der Waals surface area contributed by atoms with Crippen molar-refractivity contribution in [3.05, 3.63) is 30.0 Å². The Morgan fingerprint density at radius 2 is 1.93 bits per heavy atom. The van der Waals surface area contributed by atoms with Gasteiger partial charge in [-0.1, -0.05) is 13.0 Å². The normalized spacial score (nSPS) is 12.3. The van der Waals surface area contributed by atoms with Crippen LogP contribution in [0.2, 0.25) is 0 Å². The number of carbonyl (C=O) groups excluding carboxylic acids is 3. The molecule has 0 radical (unpaired) electrons. The fourth-order valence-electron chi connectivity index (χ4n) is 2.98. The van der Waals surface area contributed by atoms with Crippen LogP contribution in [0, 0.1) is 0 Å². The van der Waals surface area contributed by atoms with Gasteiger partial charge in [0.25, 0.3) is 0 Å². The Kier molecular flexibility index (Phi) is 7.25. The topological polar surface area (TPSA) is 110 Å². The Morgan fingerprint density at radius 1 is 1.21 bits per heavy atom. The van der Waals surface area contributed by atoms with Gasteiger partial charge < -0.3 is 19.8 Å². The predicted molar refractivity (Wildman–Crippen MR) is 111 cm³/mol. The van der Waals surface area contributed by atoms with E-state index < -0.39 is 23.7 Å². The number of hydrogen-bond donors (Lipinski definition) is 3. The van der Waals surface area contributed by atoms with Gasteiger partial charge in [0.15, 0.2) is 0 Å². The molecule has 0 saturated carbocycles. The number of aromatic amines is 1. The van der Waals surface area contributed by atoms with Crippen LogP contribution in [-0.2, 0) is 25.5 Å². The number of methoxy groups -OCH3 is 1. The number of benzene rings is 1. The minimum atomic E-state index is -0.826. The maximum Gasteiger partial charge on any atom is 0.412 e. The number of carbonyl (C=O) groups is 3. The van der Waals surface area contributed by atoms with Crippen LogP contribution in [0.15, 0.2) is 24.4 Å². The quantitative estimate of drug-likeness (QED) is 0.613. The molecule has 29 heavy (non-hydrogen) atoms. The second kappa shape index (κ2) is 9.45. The number of aromatic nitrogens is 1. The molecule has 0 saturated heterocycles. The number of nitrogens with one attached hydrogen (secondary N) is 3. The third-order valence-corrected chi connectivity index (χ3v) is 4.15. The number of ether oxygens (including phenoxy) is 2. The van der Waals surface area contributed by atoms with Crippen molar-refractivity contribution in [2.75, 3.05) is 12.4 Å². The molecule has 0 aliphatic carbocycles. The first-order valence-corrected chi connectivity index (χ1v) is 9.60. The molecule has 0 unspecified atom stereocenters. The minimum absolute atomic E-state index is 0.213. The van der Waals surface area contributed by atoms with Gasteiger partial charge in [0.05, 0.1) is 12.8 Å². The first-order chi connectivity index (χ1) is 13.6. The Bertz CT molecular complexity index is 882. The van der Waals surface area contributed by atoms with Crippen LogP contribution in [0.5, 0.6) is 0 Å². The van der Waals surface area contributed by atoms with Crippen molar-refractivity contribution >= 4 is 34.6 Å². The van der Waals surface area contributed by atoms with E-state index >= 15 is 0 Å². The Morgan fingerprint density at radius 3 is 2.55 bits per heavy atom. The molecule has 0 aliphatic rings.